The zero-order valence-corrected chi connectivity index (χ0v) is 11.0. The van der Waals surface area contributed by atoms with Crippen molar-refractivity contribution in [2.24, 2.45) is 11.7 Å². The normalized spacial score (nSPS) is 36.0. The molecule has 2 aliphatic heterocycles. The molecule has 0 aromatic heterocycles. The van der Waals surface area contributed by atoms with Crippen molar-refractivity contribution in [3.05, 3.63) is 0 Å². The minimum absolute atomic E-state index is 0. The second kappa shape index (κ2) is 6.80. The molecule has 2 unspecified atom stereocenters. The highest BCUT2D eigenvalue weighted by Gasteiger charge is 2.26. The predicted octanol–water partition coefficient (Wildman–Crippen LogP) is 1.65. The fourth-order valence-electron chi connectivity index (χ4n) is 2.80. The first-order valence-electron chi connectivity index (χ1n) is 6.37. The Balaban J connectivity index is 0.00000128. The Hall–Kier alpha value is 0.170. The van der Waals surface area contributed by atoms with E-state index in [1.54, 1.807) is 0 Å². The van der Waals surface area contributed by atoms with Gasteiger partial charge in [-0.1, -0.05) is 6.92 Å². The topological polar surface area (TPSA) is 38.5 Å². The molecule has 2 rings (SSSR count). The molecule has 3 atom stereocenters. The third-order valence-corrected chi connectivity index (χ3v) is 3.76. The quantitative estimate of drug-likeness (QED) is 0.826. The smallest absolute Gasteiger partial charge is 0.0575 e. The standard InChI is InChI=1S/C12H24N2O.ClH/c1-2-12-7-10(4-6-15-12)8-14-5-3-11(13)9-14;/h10-12H,2-9,13H2,1H3;1H/t10?,11-,12?;/m1./s1. The number of halogens is 1. The van der Waals surface area contributed by atoms with Gasteiger partial charge < -0.3 is 15.4 Å². The van der Waals surface area contributed by atoms with Crippen molar-refractivity contribution < 1.29 is 4.74 Å². The third-order valence-electron chi connectivity index (χ3n) is 3.76. The molecule has 2 fully saturated rings. The Morgan fingerprint density at radius 1 is 1.38 bits per heavy atom. The first-order valence-corrected chi connectivity index (χ1v) is 6.37. The monoisotopic (exact) mass is 248 g/mol. The number of nitrogens with zero attached hydrogens (tertiary/aromatic N) is 1. The van der Waals surface area contributed by atoms with Crippen molar-refractivity contribution >= 4 is 12.4 Å². The molecule has 96 valence electrons. The minimum Gasteiger partial charge on any atom is -0.378 e. The van der Waals surface area contributed by atoms with E-state index >= 15 is 0 Å². The van der Waals surface area contributed by atoms with Crippen LogP contribution in [0.4, 0.5) is 0 Å². The Morgan fingerprint density at radius 3 is 2.81 bits per heavy atom. The molecule has 2 aliphatic rings. The van der Waals surface area contributed by atoms with Gasteiger partial charge in [-0.05, 0) is 38.1 Å². The van der Waals surface area contributed by atoms with Crippen LogP contribution in [0.2, 0.25) is 0 Å². The van der Waals surface area contributed by atoms with Crippen LogP contribution in [0.15, 0.2) is 0 Å². The van der Waals surface area contributed by atoms with Gasteiger partial charge in [0.2, 0.25) is 0 Å². The molecule has 2 N–H and O–H groups in total. The lowest BCUT2D eigenvalue weighted by atomic mass is 9.94. The molecule has 0 spiro atoms. The van der Waals surface area contributed by atoms with E-state index in [0.29, 0.717) is 12.1 Å². The molecule has 2 saturated heterocycles. The van der Waals surface area contributed by atoms with Gasteiger partial charge in [-0.3, -0.25) is 0 Å². The van der Waals surface area contributed by atoms with Gasteiger partial charge in [0.25, 0.3) is 0 Å². The van der Waals surface area contributed by atoms with Gasteiger partial charge in [-0.15, -0.1) is 12.4 Å². The van der Waals surface area contributed by atoms with Crippen LogP contribution in [-0.2, 0) is 4.74 Å². The highest BCUT2D eigenvalue weighted by atomic mass is 35.5. The molecule has 16 heavy (non-hydrogen) atoms. The average Bonchev–Trinajstić information content (AvgIpc) is 2.64. The summed E-state index contributed by atoms with van der Waals surface area (Å²) in [5.41, 5.74) is 5.92. The second-order valence-electron chi connectivity index (χ2n) is 5.10. The molecular weight excluding hydrogens is 224 g/mol. The van der Waals surface area contributed by atoms with Crippen LogP contribution in [0.3, 0.4) is 0 Å². The molecule has 0 bridgehead atoms. The van der Waals surface area contributed by atoms with E-state index in [0.717, 1.165) is 25.5 Å². The lowest BCUT2D eigenvalue weighted by molar-refractivity contribution is -0.0163. The number of rotatable bonds is 3. The summed E-state index contributed by atoms with van der Waals surface area (Å²) < 4.78 is 5.70. The number of nitrogens with two attached hydrogens (primary N) is 1. The summed E-state index contributed by atoms with van der Waals surface area (Å²) in [6, 6.07) is 0.423. The number of likely N-dealkylation sites (tertiary alicyclic amines) is 1. The van der Waals surface area contributed by atoms with Crippen molar-refractivity contribution in [1.82, 2.24) is 4.90 Å². The van der Waals surface area contributed by atoms with Crippen molar-refractivity contribution in [1.29, 1.82) is 0 Å². The predicted molar refractivity (Wildman–Crippen MR) is 69.0 cm³/mol. The fraction of sp³-hybridized carbons (Fsp3) is 1.00. The van der Waals surface area contributed by atoms with E-state index in [1.165, 1.54) is 32.4 Å². The van der Waals surface area contributed by atoms with Gasteiger partial charge in [-0.2, -0.15) is 0 Å². The SMILES string of the molecule is CCC1CC(CN2CC[C@@H](N)C2)CCO1.Cl. The maximum Gasteiger partial charge on any atom is 0.0575 e. The summed E-state index contributed by atoms with van der Waals surface area (Å²) in [7, 11) is 0. The number of ether oxygens (including phenoxy) is 1. The van der Waals surface area contributed by atoms with Gasteiger partial charge in [0.15, 0.2) is 0 Å². The minimum atomic E-state index is 0. The first-order chi connectivity index (χ1) is 7.28. The lowest BCUT2D eigenvalue weighted by Crippen LogP contribution is -2.35. The van der Waals surface area contributed by atoms with E-state index in [2.05, 4.69) is 11.8 Å². The van der Waals surface area contributed by atoms with Gasteiger partial charge in [0, 0.05) is 25.7 Å². The number of hydrogen-bond donors (Lipinski definition) is 1. The Bertz CT molecular complexity index is 203. The molecule has 0 aromatic rings. The van der Waals surface area contributed by atoms with E-state index in [-0.39, 0.29) is 12.4 Å². The molecule has 0 amide bonds. The summed E-state index contributed by atoms with van der Waals surface area (Å²) in [4.78, 5) is 2.54. The number of hydrogen-bond acceptors (Lipinski definition) is 3. The first kappa shape index (κ1) is 14.2. The van der Waals surface area contributed by atoms with E-state index in [1.807, 2.05) is 0 Å². The molecule has 3 nitrogen and oxygen atoms in total. The van der Waals surface area contributed by atoms with Crippen LogP contribution in [0.1, 0.15) is 32.6 Å². The summed E-state index contributed by atoms with van der Waals surface area (Å²) >= 11 is 0. The maximum atomic E-state index is 5.92. The van der Waals surface area contributed by atoms with E-state index in [9.17, 15) is 0 Å². The fourth-order valence-corrected chi connectivity index (χ4v) is 2.80. The molecule has 0 aliphatic carbocycles. The van der Waals surface area contributed by atoms with Crippen molar-refractivity contribution in [2.75, 3.05) is 26.2 Å². The Morgan fingerprint density at radius 2 is 2.19 bits per heavy atom. The van der Waals surface area contributed by atoms with Crippen LogP contribution in [-0.4, -0.2) is 43.3 Å². The summed E-state index contributed by atoms with van der Waals surface area (Å²) in [6.07, 6.45) is 5.35. The maximum absolute atomic E-state index is 5.92. The Kier molecular flexibility index (Phi) is 6.05. The summed E-state index contributed by atoms with van der Waals surface area (Å²) in [6.45, 7) is 6.74. The van der Waals surface area contributed by atoms with E-state index in [4.69, 9.17) is 10.5 Å². The van der Waals surface area contributed by atoms with Crippen LogP contribution in [0, 0.1) is 5.92 Å². The van der Waals surface area contributed by atoms with Crippen molar-refractivity contribution in [2.45, 2.75) is 44.8 Å². The van der Waals surface area contributed by atoms with Crippen LogP contribution in [0.25, 0.3) is 0 Å². The average molecular weight is 249 g/mol. The summed E-state index contributed by atoms with van der Waals surface area (Å²) in [5.74, 6) is 0.842. The van der Waals surface area contributed by atoms with Gasteiger partial charge in [-0.25, -0.2) is 0 Å². The zero-order chi connectivity index (χ0) is 10.7. The highest BCUT2D eigenvalue weighted by Crippen LogP contribution is 2.24. The molecule has 0 saturated carbocycles. The van der Waals surface area contributed by atoms with Gasteiger partial charge >= 0.3 is 0 Å². The molecule has 2 heterocycles. The molecule has 4 heteroatoms. The zero-order valence-electron chi connectivity index (χ0n) is 10.2. The van der Waals surface area contributed by atoms with Crippen molar-refractivity contribution in [3.8, 4) is 0 Å². The molecule has 0 aromatic carbocycles. The van der Waals surface area contributed by atoms with Crippen LogP contribution < -0.4 is 5.73 Å². The largest absolute Gasteiger partial charge is 0.378 e. The molecular formula is C12H25ClN2O. The molecule has 0 radical (unpaired) electrons. The highest BCUT2D eigenvalue weighted by molar-refractivity contribution is 5.85. The second-order valence-corrected chi connectivity index (χ2v) is 5.10. The van der Waals surface area contributed by atoms with Crippen LogP contribution in [0.5, 0.6) is 0 Å². The Labute approximate surface area is 105 Å². The lowest BCUT2D eigenvalue weighted by Gasteiger charge is -2.31. The van der Waals surface area contributed by atoms with Crippen molar-refractivity contribution in [3.63, 3.8) is 0 Å². The third kappa shape index (κ3) is 3.88. The van der Waals surface area contributed by atoms with E-state index < -0.39 is 0 Å². The van der Waals surface area contributed by atoms with Crippen LogP contribution >= 0.6 is 12.4 Å². The summed E-state index contributed by atoms with van der Waals surface area (Å²) in [5, 5.41) is 0. The van der Waals surface area contributed by atoms with Gasteiger partial charge in [0.1, 0.15) is 0 Å². The van der Waals surface area contributed by atoms with Gasteiger partial charge in [0.05, 0.1) is 6.10 Å².